The number of nitrogens with one attached hydrogen (secondary N) is 1. The highest BCUT2D eigenvalue weighted by molar-refractivity contribution is 5.62. The van der Waals surface area contributed by atoms with Gasteiger partial charge in [-0.1, -0.05) is 19.4 Å². The minimum Gasteiger partial charge on any atom is -0.380 e. The normalized spacial score (nSPS) is 10.3. The Hall–Kier alpha value is -1.62. The van der Waals surface area contributed by atoms with Gasteiger partial charge in [0.05, 0.1) is 11.5 Å². The maximum atomic E-state index is 10.9. The molecule has 1 aromatic carbocycles. The maximum Gasteiger partial charge on any atom is 0.292 e. The average molecular weight is 252 g/mol. The van der Waals surface area contributed by atoms with Crippen LogP contribution < -0.4 is 5.32 Å². The van der Waals surface area contributed by atoms with Crippen molar-refractivity contribution in [2.75, 3.05) is 18.5 Å². The van der Waals surface area contributed by atoms with Gasteiger partial charge in [-0.3, -0.25) is 10.1 Å². The van der Waals surface area contributed by atoms with E-state index in [1.165, 1.54) is 0 Å². The van der Waals surface area contributed by atoms with Gasteiger partial charge in [0.15, 0.2) is 0 Å². The van der Waals surface area contributed by atoms with E-state index in [2.05, 4.69) is 12.2 Å². The van der Waals surface area contributed by atoms with Crippen molar-refractivity contribution in [2.45, 2.75) is 33.3 Å². The summed E-state index contributed by atoms with van der Waals surface area (Å²) in [5.74, 6) is 0. The Morgan fingerprint density at radius 2 is 2.17 bits per heavy atom. The van der Waals surface area contributed by atoms with Crippen molar-refractivity contribution in [3.05, 3.63) is 33.9 Å². The molecule has 0 aliphatic carbocycles. The minimum atomic E-state index is -0.368. The van der Waals surface area contributed by atoms with Crippen molar-refractivity contribution in [1.29, 1.82) is 0 Å². The Labute approximate surface area is 107 Å². The highest BCUT2D eigenvalue weighted by Gasteiger charge is 2.13. The summed E-state index contributed by atoms with van der Waals surface area (Å²) in [5, 5.41) is 13.9. The molecule has 18 heavy (non-hydrogen) atoms. The number of anilines is 1. The number of hydrogen-bond donors (Lipinski definition) is 1. The van der Waals surface area contributed by atoms with Gasteiger partial charge in [0.25, 0.3) is 5.69 Å². The molecule has 0 bridgehead atoms. The van der Waals surface area contributed by atoms with Crippen LogP contribution in [0, 0.1) is 10.1 Å². The van der Waals surface area contributed by atoms with Gasteiger partial charge in [-0.2, -0.15) is 0 Å². The average Bonchev–Trinajstić information content (AvgIpc) is 2.36. The summed E-state index contributed by atoms with van der Waals surface area (Å²) < 4.78 is 5.45. The first-order valence-corrected chi connectivity index (χ1v) is 6.28. The zero-order chi connectivity index (χ0) is 13.4. The Kier molecular flexibility index (Phi) is 6.14. The van der Waals surface area contributed by atoms with Gasteiger partial charge in [0.2, 0.25) is 0 Å². The van der Waals surface area contributed by atoms with E-state index in [1.807, 2.05) is 13.0 Å². The van der Waals surface area contributed by atoms with Gasteiger partial charge in [0.1, 0.15) is 5.69 Å². The summed E-state index contributed by atoms with van der Waals surface area (Å²) in [6, 6.07) is 5.17. The van der Waals surface area contributed by atoms with Crippen LogP contribution in [-0.4, -0.2) is 18.1 Å². The highest BCUT2D eigenvalue weighted by atomic mass is 16.6. The number of nitro groups is 1. The molecule has 100 valence electrons. The first-order valence-electron chi connectivity index (χ1n) is 6.28. The molecule has 0 unspecified atom stereocenters. The largest absolute Gasteiger partial charge is 0.380 e. The minimum absolute atomic E-state index is 0.105. The summed E-state index contributed by atoms with van der Waals surface area (Å²) in [7, 11) is 0. The van der Waals surface area contributed by atoms with Crippen LogP contribution in [0.25, 0.3) is 0 Å². The van der Waals surface area contributed by atoms with Crippen LogP contribution in [0.5, 0.6) is 0 Å². The molecule has 0 heterocycles. The van der Waals surface area contributed by atoms with Gasteiger partial charge < -0.3 is 10.1 Å². The summed E-state index contributed by atoms with van der Waals surface area (Å²) in [4.78, 5) is 10.6. The third kappa shape index (κ3) is 4.33. The van der Waals surface area contributed by atoms with Gasteiger partial charge in [-0.15, -0.1) is 0 Å². The van der Waals surface area contributed by atoms with E-state index in [1.54, 1.807) is 12.1 Å². The fraction of sp³-hybridized carbons (Fsp3) is 0.538. The van der Waals surface area contributed by atoms with Crippen molar-refractivity contribution in [3.63, 3.8) is 0 Å². The van der Waals surface area contributed by atoms with Crippen LogP contribution in [-0.2, 0) is 11.3 Å². The van der Waals surface area contributed by atoms with Crippen molar-refractivity contribution < 1.29 is 9.66 Å². The predicted octanol–water partition coefficient (Wildman–Crippen LogP) is 3.34. The third-order valence-corrected chi connectivity index (χ3v) is 2.54. The lowest BCUT2D eigenvalue weighted by molar-refractivity contribution is -0.384. The van der Waals surface area contributed by atoms with Crippen molar-refractivity contribution in [3.8, 4) is 0 Å². The smallest absolute Gasteiger partial charge is 0.292 e. The molecule has 0 spiro atoms. The Balaban J connectivity index is 2.70. The second kappa shape index (κ2) is 7.66. The number of nitrogens with zero attached hydrogens (tertiary/aromatic N) is 1. The summed E-state index contributed by atoms with van der Waals surface area (Å²) in [5.41, 5.74) is 1.49. The zero-order valence-corrected chi connectivity index (χ0v) is 10.9. The van der Waals surface area contributed by atoms with Crippen molar-refractivity contribution in [1.82, 2.24) is 0 Å². The number of rotatable bonds is 8. The Bertz CT molecular complexity index is 394. The maximum absolute atomic E-state index is 10.9. The van der Waals surface area contributed by atoms with Crippen LogP contribution in [0.3, 0.4) is 0 Å². The molecule has 5 heteroatoms. The van der Waals surface area contributed by atoms with E-state index in [4.69, 9.17) is 4.74 Å². The lowest BCUT2D eigenvalue weighted by Crippen LogP contribution is -2.02. The van der Waals surface area contributed by atoms with E-state index in [0.29, 0.717) is 25.4 Å². The standard InChI is InChI=1S/C13H20N2O3/c1-3-5-8-18-10-11-6-7-12(14-4-2)13(9-11)15(16)17/h6-7,9,14H,3-5,8,10H2,1-2H3. The summed E-state index contributed by atoms with van der Waals surface area (Å²) >= 11 is 0. The molecule has 1 rings (SSSR count). The molecule has 5 nitrogen and oxygen atoms in total. The summed E-state index contributed by atoms with van der Waals surface area (Å²) in [6.45, 7) is 5.78. The quantitative estimate of drug-likeness (QED) is 0.438. The molecule has 0 atom stereocenters. The molecule has 0 radical (unpaired) electrons. The van der Waals surface area contributed by atoms with Crippen LogP contribution in [0.4, 0.5) is 11.4 Å². The molecule has 0 saturated carbocycles. The lowest BCUT2D eigenvalue weighted by atomic mass is 10.2. The van der Waals surface area contributed by atoms with E-state index < -0.39 is 0 Å². The molecule has 1 N–H and O–H groups in total. The number of benzene rings is 1. The lowest BCUT2D eigenvalue weighted by Gasteiger charge is -2.07. The molecule has 0 amide bonds. The van der Waals surface area contributed by atoms with Crippen LogP contribution >= 0.6 is 0 Å². The Morgan fingerprint density at radius 1 is 1.39 bits per heavy atom. The van der Waals surface area contributed by atoms with Crippen LogP contribution in [0.15, 0.2) is 18.2 Å². The van der Waals surface area contributed by atoms with Crippen molar-refractivity contribution in [2.24, 2.45) is 0 Å². The molecule has 0 fully saturated rings. The molecule has 0 saturated heterocycles. The first-order chi connectivity index (χ1) is 8.69. The molecular weight excluding hydrogens is 232 g/mol. The number of unbranched alkanes of at least 4 members (excludes halogenated alkanes) is 1. The van der Waals surface area contributed by atoms with Crippen LogP contribution in [0.1, 0.15) is 32.3 Å². The van der Waals surface area contributed by atoms with E-state index in [0.717, 1.165) is 18.4 Å². The zero-order valence-electron chi connectivity index (χ0n) is 10.9. The van der Waals surface area contributed by atoms with Gasteiger partial charge in [-0.05, 0) is 25.0 Å². The molecular formula is C13H20N2O3. The fourth-order valence-electron chi connectivity index (χ4n) is 1.59. The number of hydrogen-bond acceptors (Lipinski definition) is 4. The molecule has 1 aromatic rings. The molecule has 0 aromatic heterocycles. The van der Waals surface area contributed by atoms with Crippen LogP contribution in [0.2, 0.25) is 0 Å². The number of ether oxygens (including phenoxy) is 1. The Morgan fingerprint density at radius 3 is 2.78 bits per heavy atom. The van der Waals surface area contributed by atoms with Gasteiger partial charge in [0, 0.05) is 19.2 Å². The van der Waals surface area contributed by atoms with Gasteiger partial charge in [-0.25, -0.2) is 0 Å². The van der Waals surface area contributed by atoms with Gasteiger partial charge >= 0.3 is 0 Å². The van der Waals surface area contributed by atoms with E-state index in [9.17, 15) is 10.1 Å². The molecule has 0 aliphatic rings. The third-order valence-electron chi connectivity index (χ3n) is 2.54. The SMILES string of the molecule is CCCCOCc1ccc(NCC)c([N+](=O)[O-])c1. The predicted molar refractivity (Wildman–Crippen MR) is 71.8 cm³/mol. The molecule has 0 aliphatic heterocycles. The van der Waals surface area contributed by atoms with Crippen molar-refractivity contribution >= 4 is 11.4 Å². The first kappa shape index (κ1) is 14.4. The number of nitro benzene ring substituents is 1. The van der Waals surface area contributed by atoms with E-state index >= 15 is 0 Å². The van der Waals surface area contributed by atoms with E-state index in [-0.39, 0.29) is 10.6 Å². The second-order valence-corrected chi connectivity index (χ2v) is 4.05. The highest BCUT2D eigenvalue weighted by Crippen LogP contribution is 2.25. The summed E-state index contributed by atoms with van der Waals surface area (Å²) in [6.07, 6.45) is 2.09. The fourth-order valence-corrected chi connectivity index (χ4v) is 1.59. The monoisotopic (exact) mass is 252 g/mol. The second-order valence-electron chi connectivity index (χ2n) is 4.05. The topological polar surface area (TPSA) is 64.4 Å².